The van der Waals surface area contributed by atoms with E-state index in [-0.39, 0.29) is 17.0 Å². The minimum atomic E-state index is -3.25. The third-order valence-electron chi connectivity index (χ3n) is 7.10. The minimum Gasteiger partial charge on any atom is -0.484 e. The summed E-state index contributed by atoms with van der Waals surface area (Å²) < 4.78 is 30.1. The first-order chi connectivity index (χ1) is 14.7. The van der Waals surface area contributed by atoms with Crippen molar-refractivity contribution in [1.29, 1.82) is 0 Å². The predicted octanol–water partition coefficient (Wildman–Crippen LogP) is 4.08. The number of sulfone groups is 1. The number of likely N-dealkylation sites (tertiary alicyclic amines) is 2. The fourth-order valence-electron chi connectivity index (χ4n) is 5.47. The third kappa shape index (κ3) is 3.98. The molecule has 5 nitrogen and oxygen atoms in total. The molecule has 166 valence electrons. The van der Waals surface area contributed by atoms with Crippen LogP contribution in [0.15, 0.2) is 41.3 Å². The van der Waals surface area contributed by atoms with Crippen LogP contribution in [0, 0.1) is 5.92 Å². The topological polar surface area (TPSA) is 49.9 Å². The number of nitrogens with zero attached hydrogens (tertiary/aromatic N) is 2. The van der Waals surface area contributed by atoms with Crippen molar-refractivity contribution in [2.75, 3.05) is 32.9 Å². The molecule has 0 amide bonds. The molecule has 2 aromatic rings. The molecule has 2 saturated heterocycles. The first-order valence-corrected chi connectivity index (χ1v) is 13.2. The fourth-order valence-corrected chi connectivity index (χ4v) is 6.68. The van der Waals surface area contributed by atoms with E-state index < -0.39 is 9.84 Å². The van der Waals surface area contributed by atoms with Gasteiger partial charge in [-0.3, -0.25) is 4.90 Å². The summed E-state index contributed by atoms with van der Waals surface area (Å²) >= 11 is 12.9. The van der Waals surface area contributed by atoms with E-state index in [0.29, 0.717) is 27.8 Å². The van der Waals surface area contributed by atoms with Crippen LogP contribution in [0.4, 0.5) is 0 Å². The van der Waals surface area contributed by atoms with E-state index in [1.165, 1.54) is 19.2 Å². The number of hydrogen-bond acceptors (Lipinski definition) is 5. The standard InChI is InChI=1S/C23H26Cl2N2O3S/c1-26-8-7-14-12-27(13-22(14)26)21-11-18-19(9-15(24)10-20(18)25)23(21)30-16-3-5-17(6-4-16)31(2,28)29/h3-6,9-10,14,21-23H,7-8,11-13H2,1-2H3/t14-,21+,22-,23+/m1/s1. The van der Waals surface area contributed by atoms with E-state index in [2.05, 4.69) is 16.8 Å². The highest BCUT2D eigenvalue weighted by molar-refractivity contribution is 7.90. The highest BCUT2D eigenvalue weighted by Gasteiger charge is 2.47. The van der Waals surface area contributed by atoms with Crippen LogP contribution in [0.5, 0.6) is 5.75 Å². The smallest absolute Gasteiger partial charge is 0.175 e. The average Bonchev–Trinajstić information content (AvgIpc) is 3.37. The third-order valence-corrected chi connectivity index (χ3v) is 8.79. The van der Waals surface area contributed by atoms with Gasteiger partial charge in [0.25, 0.3) is 0 Å². The normalized spacial score (nSPS) is 28.6. The predicted molar refractivity (Wildman–Crippen MR) is 123 cm³/mol. The van der Waals surface area contributed by atoms with Crippen molar-refractivity contribution in [3.63, 3.8) is 0 Å². The van der Waals surface area contributed by atoms with Gasteiger partial charge in [-0.25, -0.2) is 8.42 Å². The molecule has 0 bridgehead atoms. The summed E-state index contributed by atoms with van der Waals surface area (Å²) in [6.07, 6.45) is 3.06. The van der Waals surface area contributed by atoms with Crippen LogP contribution >= 0.6 is 23.2 Å². The molecule has 0 unspecified atom stereocenters. The van der Waals surface area contributed by atoms with Crippen molar-refractivity contribution >= 4 is 33.0 Å². The summed E-state index contributed by atoms with van der Waals surface area (Å²) in [7, 11) is -1.03. The van der Waals surface area contributed by atoms with Gasteiger partial charge in [0.2, 0.25) is 0 Å². The second kappa shape index (κ2) is 7.92. The Morgan fingerprint density at radius 1 is 1.06 bits per heavy atom. The summed E-state index contributed by atoms with van der Waals surface area (Å²) in [6.45, 7) is 3.26. The van der Waals surface area contributed by atoms with Gasteiger partial charge in [0.1, 0.15) is 11.9 Å². The van der Waals surface area contributed by atoms with Crippen LogP contribution in [0.3, 0.4) is 0 Å². The number of rotatable bonds is 4. The molecule has 0 N–H and O–H groups in total. The minimum absolute atomic E-state index is 0.166. The van der Waals surface area contributed by atoms with Gasteiger partial charge in [0.05, 0.1) is 10.9 Å². The second-order valence-electron chi connectivity index (χ2n) is 9.06. The Kier molecular flexibility index (Phi) is 5.50. The zero-order valence-corrected chi connectivity index (χ0v) is 19.9. The van der Waals surface area contributed by atoms with E-state index in [9.17, 15) is 8.42 Å². The Hall–Kier alpha value is -1.31. The van der Waals surface area contributed by atoms with Gasteiger partial charge in [-0.15, -0.1) is 0 Å². The van der Waals surface area contributed by atoms with Crippen molar-refractivity contribution in [3.8, 4) is 5.75 Å². The monoisotopic (exact) mass is 480 g/mol. The molecule has 2 fully saturated rings. The highest BCUT2D eigenvalue weighted by atomic mass is 35.5. The summed E-state index contributed by atoms with van der Waals surface area (Å²) in [5.41, 5.74) is 2.12. The molecule has 0 radical (unpaired) electrons. The number of hydrogen-bond donors (Lipinski definition) is 0. The Morgan fingerprint density at radius 3 is 2.48 bits per heavy atom. The molecule has 2 aliphatic heterocycles. The van der Waals surface area contributed by atoms with Crippen molar-refractivity contribution in [2.45, 2.75) is 35.9 Å². The van der Waals surface area contributed by atoms with Gasteiger partial charge in [-0.1, -0.05) is 23.2 Å². The molecular weight excluding hydrogens is 455 g/mol. The number of benzene rings is 2. The van der Waals surface area contributed by atoms with Crippen LogP contribution in [0.1, 0.15) is 23.7 Å². The van der Waals surface area contributed by atoms with E-state index in [1.807, 2.05) is 6.07 Å². The number of fused-ring (bicyclic) bond motifs is 2. The molecule has 2 aromatic carbocycles. The Morgan fingerprint density at radius 2 is 1.81 bits per heavy atom. The van der Waals surface area contributed by atoms with Crippen LogP contribution in [0.25, 0.3) is 0 Å². The molecule has 1 aliphatic carbocycles. The van der Waals surface area contributed by atoms with Gasteiger partial charge in [-0.05, 0) is 74.3 Å². The maximum absolute atomic E-state index is 11.8. The van der Waals surface area contributed by atoms with Crippen molar-refractivity contribution in [1.82, 2.24) is 9.80 Å². The largest absolute Gasteiger partial charge is 0.484 e. The average molecular weight is 481 g/mol. The van der Waals surface area contributed by atoms with Gasteiger partial charge in [0.15, 0.2) is 9.84 Å². The van der Waals surface area contributed by atoms with Gasteiger partial charge >= 0.3 is 0 Å². The number of halogens is 2. The van der Waals surface area contributed by atoms with Crippen molar-refractivity contribution in [2.24, 2.45) is 5.92 Å². The lowest BCUT2D eigenvalue weighted by Gasteiger charge is -2.31. The molecule has 5 rings (SSSR count). The quantitative estimate of drug-likeness (QED) is 0.659. The zero-order valence-electron chi connectivity index (χ0n) is 17.6. The number of ether oxygens (including phenoxy) is 1. The Labute approximate surface area is 193 Å². The summed E-state index contributed by atoms with van der Waals surface area (Å²) in [5, 5.41) is 1.28. The second-order valence-corrected chi connectivity index (χ2v) is 11.9. The van der Waals surface area contributed by atoms with Crippen molar-refractivity contribution in [3.05, 3.63) is 57.6 Å². The van der Waals surface area contributed by atoms with Crippen molar-refractivity contribution < 1.29 is 13.2 Å². The van der Waals surface area contributed by atoms with E-state index >= 15 is 0 Å². The van der Waals surface area contributed by atoms with E-state index in [1.54, 1.807) is 30.3 Å². The van der Waals surface area contributed by atoms with Crippen LogP contribution in [0.2, 0.25) is 10.0 Å². The summed E-state index contributed by atoms with van der Waals surface area (Å²) in [4.78, 5) is 5.30. The Balaban J connectivity index is 1.46. The molecule has 3 aliphatic rings. The maximum atomic E-state index is 11.8. The van der Waals surface area contributed by atoms with Crippen LogP contribution in [-0.4, -0.2) is 63.2 Å². The Bertz CT molecular complexity index is 1110. The van der Waals surface area contributed by atoms with E-state index in [4.69, 9.17) is 27.9 Å². The fraction of sp³-hybridized carbons (Fsp3) is 0.478. The first-order valence-electron chi connectivity index (χ1n) is 10.6. The van der Waals surface area contributed by atoms with E-state index in [0.717, 1.165) is 30.6 Å². The molecule has 4 atom stereocenters. The van der Waals surface area contributed by atoms with Gasteiger partial charge in [0, 0.05) is 41.0 Å². The molecule has 31 heavy (non-hydrogen) atoms. The lowest BCUT2D eigenvalue weighted by atomic mass is 10.1. The number of likely N-dealkylation sites (N-methyl/N-ethyl adjacent to an activating group) is 1. The molecule has 8 heteroatoms. The molecule has 0 aromatic heterocycles. The summed E-state index contributed by atoms with van der Waals surface area (Å²) in [5.74, 6) is 1.34. The lowest BCUT2D eigenvalue weighted by Crippen LogP contribution is -2.41. The highest BCUT2D eigenvalue weighted by Crippen LogP contribution is 2.45. The van der Waals surface area contributed by atoms with Gasteiger partial charge in [-0.2, -0.15) is 0 Å². The molecular formula is C23H26Cl2N2O3S. The first kappa shape index (κ1) is 21.5. The maximum Gasteiger partial charge on any atom is 0.175 e. The van der Waals surface area contributed by atoms with Crippen LogP contribution < -0.4 is 4.74 Å². The lowest BCUT2D eigenvalue weighted by molar-refractivity contribution is 0.0857. The molecule has 0 spiro atoms. The molecule has 0 saturated carbocycles. The van der Waals surface area contributed by atoms with Crippen LogP contribution in [-0.2, 0) is 16.3 Å². The summed E-state index contributed by atoms with van der Waals surface area (Å²) in [6, 6.07) is 11.2. The SMILES string of the molecule is CN1CC[C@@H]2CN([C@H]3Cc4c(Cl)cc(Cl)cc4[C@@H]3Oc3ccc(S(C)(=O)=O)cc3)C[C@H]21. The zero-order chi connectivity index (χ0) is 21.9. The van der Waals surface area contributed by atoms with Gasteiger partial charge < -0.3 is 9.64 Å². The molecule has 2 heterocycles.